The minimum atomic E-state index is -0.418. The quantitative estimate of drug-likeness (QED) is 0.784. The van der Waals surface area contributed by atoms with Crippen LogP contribution in [-0.4, -0.2) is 41.5 Å². The topological polar surface area (TPSA) is 69.6 Å². The van der Waals surface area contributed by atoms with Crippen molar-refractivity contribution in [3.05, 3.63) is 35.4 Å². The summed E-state index contributed by atoms with van der Waals surface area (Å²) in [6, 6.07) is 7.09. The molecule has 5 nitrogen and oxygen atoms in total. The zero-order valence-electron chi connectivity index (χ0n) is 11.9. The first-order valence-corrected chi connectivity index (χ1v) is 6.84. The van der Waals surface area contributed by atoms with Crippen LogP contribution < -0.4 is 5.32 Å². The first kappa shape index (κ1) is 15.1. The third-order valence-corrected chi connectivity index (χ3v) is 3.40. The molecule has 0 aromatic heterocycles. The van der Waals surface area contributed by atoms with E-state index in [0.29, 0.717) is 19.4 Å². The number of hydrogen-bond acceptors (Lipinski definition) is 3. The second-order valence-corrected chi connectivity index (χ2v) is 4.97. The normalized spacial score (nSPS) is 16.9. The molecule has 1 unspecified atom stereocenters. The number of carbonyl (C=O) groups is 2. The monoisotopic (exact) mass is 286 g/mol. The Kier molecular flexibility index (Phi) is 4.96. The summed E-state index contributed by atoms with van der Waals surface area (Å²) in [5.74, 6) is 5.32. The predicted octanol–water partition coefficient (Wildman–Crippen LogP) is 0.267. The fourth-order valence-corrected chi connectivity index (χ4v) is 2.31. The van der Waals surface area contributed by atoms with Crippen LogP contribution in [0.2, 0.25) is 0 Å². The number of carbonyl (C=O) groups excluding carboxylic acids is 2. The fourth-order valence-electron chi connectivity index (χ4n) is 2.31. The third-order valence-electron chi connectivity index (χ3n) is 3.40. The van der Waals surface area contributed by atoms with Gasteiger partial charge in [0.1, 0.15) is 12.6 Å². The number of nitrogens with zero attached hydrogens (tertiary/aromatic N) is 1. The Balaban J connectivity index is 2.07. The van der Waals surface area contributed by atoms with Crippen LogP contribution in [0.1, 0.15) is 24.0 Å². The van der Waals surface area contributed by atoms with Gasteiger partial charge in [0.15, 0.2) is 0 Å². The van der Waals surface area contributed by atoms with E-state index in [4.69, 9.17) is 5.11 Å². The van der Waals surface area contributed by atoms with Gasteiger partial charge in [-0.25, -0.2) is 0 Å². The van der Waals surface area contributed by atoms with Crippen LogP contribution in [0.3, 0.4) is 0 Å². The maximum Gasteiger partial charge on any atom is 0.245 e. The van der Waals surface area contributed by atoms with Gasteiger partial charge in [0, 0.05) is 25.6 Å². The number of aliphatic hydroxyl groups excluding tert-OH is 1. The lowest BCUT2D eigenvalue weighted by Gasteiger charge is -2.21. The van der Waals surface area contributed by atoms with E-state index in [0.717, 1.165) is 11.1 Å². The van der Waals surface area contributed by atoms with E-state index in [2.05, 4.69) is 17.2 Å². The average molecular weight is 286 g/mol. The van der Waals surface area contributed by atoms with Crippen molar-refractivity contribution in [3.8, 4) is 11.8 Å². The summed E-state index contributed by atoms with van der Waals surface area (Å²) >= 11 is 0. The van der Waals surface area contributed by atoms with Gasteiger partial charge in [-0.2, -0.15) is 0 Å². The summed E-state index contributed by atoms with van der Waals surface area (Å²) in [5.41, 5.74) is 1.71. The molecule has 1 aromatic rings. The minimum Gasteiger partial charge on any atom is -0.384 e. The highest BCUT2D eigenvalue weighted by Gasteiger charge is 2.29. The number of rotatable bonds is 3. The lowest BCUT2D eigenvalue weighted by atomic mass is 10.1. The molecule has 0 aliphatic carbocycles. The second kappa shape index (κ2) is 6.91. The van der Waals surface area contributed by atoms with Crippen LogP contribution in [0.15, 0.2) is 24.3 Å². The van der Waals surface area contributed by atoms with Crippen molar-refractivity contribution in [2.24, 2.45) is 0 Å². The molecule has 110 valence electrons. The number of benzene rings is 1. The Labute approximate surface area is 124 Å². The Morgan fingerprint density at radius 2 is 2.24 bits per heavy atom. The van der Waals surface area contributed by atoms with Crippen molar-refractivity contribution in [2.45, 2.75) is 25.4 Å². The molecule has 21 heavy (non-hydrogen) atoms. The fraction of sp³-hybridized carbons (Fsp3) is 0.375. The third kappa shape index (κ3) is 3.83. The van der Waals surface area contributed by atoms with Gasteiger partial charge in [-0.1, -0.05) is 30.0 Å². The number of hydrogen-bond donors (Lipinski definition) is 2. The van der Waals surface area contributed by atoms with E-state index in [1.807, 2.05) is 24.3 Å². The Morgan fingerprint density at radius 3 is 2.90 bits per heavy atom. The maximum atomic E-state index is 12.3. The largest absolute Gasteiger partial charge is 0.384 e. The van der Waals surface area contributed by atoms with Crippen molar-refractivity contribution in [2.75, 3.05) is 13.7 Å². The Morgan fingerprint density at radius 1 is 1.48 bits per heavy atom. The number of nitrogens with one attached hydrogen (secondary N) is 1. The summed E-state index contributed by atoms with van der Waals surface area (Å²) in [4.78, 5) is 25.0. The van der Waals surface area contributed by atoms with Crippen LogP contribution >= 0.6 is 0 Å². The molecule has 1 saturated heterocycles. The standard InChI is InChI=1S/C16H18N2O3/c1-18(16(21)14-8-9-15(20)17-14)11-13-6-3-2-5-12(13)7-4-10-19/h2-3,5-6,14,19H,8-11H2,1H3,(H,17,20). The molecule has 1 fully saturated rings. The average Bonchev–Trinajstić information content (AvgIpc) is 2.92. The highest BCUT2D eigenvalue weighted by atomic mass is 16.2. The number of likely N-dealkylation sites (N-methyl/N-ethyl adjacent to an activating group) is 1. The van der Waals surface area contributed by atoms with E-state index in [1.54, 1.807) is 11.9 Å². The van der Waals surface area contributed by atoms with Crippen molar-refractivity contribution in [1.82, 2.24) is 10.2 Å². The van der Waals surface area contributed by atoms with E-state index in [-0.39, 0.29) is 18.4 Å². The van der Waals surface area contributed by atoms with Crippen LogP contribution in [0.5, 0.6) is 0 Å². The van der Waals surface area contributed by atoms with Gasteiger partial charge < -0.3 is 15.3 Å². The summed E-state index contributed by atoms with van der Waals surface area (Å²) in [6.45, 7) is 0.221. The first-order chi connectivity index (χ1) is 10.1. The van der Waals surface area contributed by atoms with Gasteiger partial charge in [0.05, 0.1) is 0 Å². The van der Waals surface area contributed by atoms with Gasteiger partial charge in [-0.15, -0.1) is 0 Å². The molecule has 5 heteroatoms. The molecule has 0 spiro atoms. The second-order valence-electron chi connectivity index (χ2n) is 4.97. The summed E-state index contributed by atoms with van der Waals surface area (Å²) in [5, 5.41) is 11.5. The zero-order chi connectivity index (χ0) is 15.2. The molecule has 2 amide bonds. The molecule has 1 aromatic carbocycles. The van der Waals surface area contributed by atoms with E-state index >= 15 is 0 Å². The number of aliphatic hydroxyl groups is 1. The molecule has 0 radical (unpaired) electrons. The summed E-state index contributed by atoms with van der Waals surface area (Å²) in [7, 11) is 1.71. The SMILES string of the molecule is CN(Cc1ccccc1C#CCO)C(=O)C1CCC(=O)N1. The van der Waals surface area contributed by atoms with Gasteiger partial charge in [-0.3, -0.25) is 9.59 Å². The van der Waals surface area contributed by atoms with Crippen LogP contribution in [0, 0.1) is 11.8 Å². The molecular weight excluding hydrogens is 268 g/mol. The van der Waals surface area contributed by atoms with Crippen molar-refractivity contribution in [1.29, 1.82) is 0 Å². The smallest absolute Gasteiger partial charge is 0.245 e. The highest BCUT2D eigenvalue weighted by molar-refractivity contribution is 5.90. The van der Waals surface area contributed by atoms with E-state index < -0.39 is 6.04 Å². The van der Waals surface area contributed by atoms with Crippen molar-refractivity contribution in [3.63, 3.8) is 0 Å². The first-order valence-electron chi connectivity index (χ1n) is 6.84. The zero-order valence-corrected chi connectivity index (χ0v) is 11.9. The van der Waals surface area contributed by atoms with Gasteiger partial charge in [-0.05, 0) is 18.1 Å². The molecule has 1 aliphatic heterocycles. The number of amides is 2. The van der Waals surface area contributed by atoms with Gasteiger partial charge in [0.2, 0.25) is 11.8 Å². The lowest BCUT2D eigenvalue weighted by Crippen LogP contribution is -2.42. The molecule has 2 rings (SSSR count). The highest BCUT2D eigenvalue weighted by Crippen LogP contribution is 2.13. The molecule has 0 bridgehead atoms. The maximum absolute atomic E-state index is 12.3. The molecule has 1 atom stereocenters. The molecular formula is C16H18N2O3. The van der Waals surface area contributed by atoms with E-state index in [9.17, 15) is 9.59 Å². The molecule has 1 aliphatic rings. The lowest BCUT2D eigenvalue weighted by molar-refractivity contribution is -0.133. The summed E-state index contributed by atoms with van der Waals surface area (Å²) in [6.07, 6.45) is 0.955. The van der Waals surface area contributed by atoms with Crippen LogP contribution in [0.4, 0.5) is 0 Å². The molecule has 2 N–H and O–H groups in total. The molecule has 0 saturated carbocycles. The predicted molar refractivity (Wildman–Crippen MR) is 78.0 cm³/mol. The summed E-state index contributed by atoms with van der Waals surface area (Å²) < 4.78 is 0. The van der Waals surface area contributed by atoms with Crippen molar-refractivity contribution < 1.29 is 14.7 Å². The van der Waals surface area contributed by atoms with Gasteiger partial charge in [0.25, 0.3) is 0 Å². The van der Waals surface area contributed by atoms with Crippen LogP contribution in [0.25, 0.3) is 0 Å². The van der Waals surface area contributed by atoms with Gasteiger partial charge >= 0.3 is 0 Å². The Hall–Kier alpha value is -2.32. The van der Waals surface area contributed by atoms with Crippen LogP contribution in [-0.2, 0) is 16.1 Å². The van der Waals surface area contributed by atoms with E-state index in [1.165, 1.54) is 0 Å². The Bertz CT molecular complexity index is 601. The van der Waals surface area contributed by atoms with Crippen molar-refractivity contribution >= 4 is 11.8 Å². The minimum absolute atomic E-state index is 0.0732. The molecule has 1 heterocycles.